The molecule has 3 rings (SSSR count). The first-order chi connectivity index (χ1) is 7.47. The lowest BCUT2D eigenvalue weighted by atomic mass is 10.2. The number of fused-ring (bicyclic) bond motifs is 1. The molecule has 15 heavy (non-hydrogen) atoms. The second kappa shape index (κ2) is 5.10. The molecule has 0 spiro atoms. The predicted molar refractivity (Wildman–Crippen MR) is 58.9 cm³/mol. The molecule has 0 saturated carbocycles. The highest BCUT2D eigenvalue weighted by Crippen LogP contribution is 2.20. The van der Waals surface area contributed by atoms with Crippen molar-refractivity contribution in [3.05, 3.63) is 48.4 Å². The lowest BCUT2D eigenvalue weighted by Crippen LogP contribution is -2.13. The molecule has 2 aliphatic rings. The van der Waals surface area contributed by atoms with E-state index in [2.05, 4.69) is 5.48 Å². The molecule has 0 amide bonds. The molecule has 3 heteroatoms. The molecule has 2 aliphatic heterocycles. The van der Waals surface area contributed by atoms with E-state index in [0.29, 0.717) is 0 Å². The zero-order chi connectivity index (χ0) is 10.3. The Morgan fingerprint density at radius 3 is 2.80 bits per heavy atom. The summed E-state index contributed by atoms with van der Waals surface area (Å²) >= 11 is 0. The summed E-state index contributed by atoms with van der Waals surface area (Å²) in [4.78, 5) is 5.09. The maximum Gasteiger partial charge on any atom is 0.162 e. The first kappa shape index (κ1) is 9.65. The van der Waals surface area contributed by atoms with Crippen molar-refractivity contribution in [3.63, 3.8) is 0 Å². The fourth-order valence-electron chi connectivity index (χ4n) is 1.27. The summed E-state index contributed by atoms with van der Waals surface area (Å²) in [7, 11) is 0. The molecule has 0 saturated heterocycles. The van der Waals surface area contributed by atoms with Gasteiger partial charge in [-0.05, 0) is 18.2 Å². The van der Waals surface area contributed by atoms with Gasteiger partial charge in [0, 0.05) is 18.2 Å². The summed E-state index contributed by atoms with van der Waals surface area (Å²) in [5.74, 6) is 0.880. The molecule has 1 N–H and O–H groups in total. The van der Waals surface area contributed by atoms with Crippen LogP contribution in [0.3, 0.4) is 0 Å². The molecular formula is C12H13NO2. The van der Waals surface area contributed by atoms with Gasteiger partial charge in [-0.15, -0.1) is 0 Å². The van der Waals surface area contributed by atoms with Crippen molar-refractivity contribution in [2.75, 3.05) is 6.61 Å². The number of nitrogens with one attached hydrogen (secondary N) is 1. The summed E-state index contributed by atoms with van der Waals surface area (Å²) < 4.78 is 4.76. The number of para-hydroxylation sites is 1. The third-order valence-corrected chi connectivity index (χ3v) is 2.01. The minimum Gasteiger partial charge on any atom is -0.501 e. The SMILES string of the molecule is C1=COCC1.C1=Cc2ccccc2ON1. The fraction of sp³-hybridized carbons (Fsp3) is 0.167. The van der Waals surface area contributed by atoms with E-state index in [0.717, 1.165) is 24.3 Å². The molecule has 78 valence electrons. The Labute approximate surface area is 89.0 Å². The van der Waals surface area contributed by atoms with Crippen LogP contribution < -0.4 is 10.3 Å². The van der Waals surface area contributed by atoms with Gasteiger partial charge < -0.3 is 9.57 Å². The molecule has 0 unspecified atom stereocenters. The van der Waals surface area contributed by atoms with E-state index in [-0.39, 0.29) is 0 Å². The van der Waals surface area contributed by atoms with Gasteiger partial charge in [-0.1, -0.05) is 18.2 Å². The number of hydrogen-bond acceptors (Lipinski definition) is 3. The van der Waals surface area contributed by atoms with Crippen LogP contribution in [0.15, 0.2) is 42.8 Å². The van der Waals surface area contributed by atoms with Crippen molar-refractivity contribution in [2.45, 2.75) is 6.42 Å². The van der Waals surface area contributed by atoms with Crippen LogP contribution in [0.25, 0.3) is 6.08 Å². The van der Waals surface area contributed by atoms with E-state index in [1.165, 1.54) is 0 Å². The number of ether oxygens (including phenoxy) is 1. The predicted octanol–water partition coefficient (Wildman–Crippen LogP) is 2.47. The van der Waals surface area contributed by atoms with E-state index < -0.39 is 0 Å². The second-order valence-corrected chi connectivity index (χ2v) is 3.12. The molecule has 1 aromatic rings. The second-order valence-electron chi connectivity index (χ2n) is 3.12. The number of hydroxylamine groups is 1. The van der Waals surface area contributed by atoms with Gasteiger partial charge in [0.15, 0.2) is 5.75 Å². The van der Waals surface area contributed by atoms with Crippen LogP contribution in [-0.2, 0) is 4.74 Å². The molecule has 0 radical (unpaired) electrons. The Morgan fingerprint density at radius 2 is 2.13 bits per heavy atom. The minimum atomic E-state index is 0.880. The Bertz CT molecular complexity index is 366. The van der Waals surface area contributed by atoms with Crippen LogP contribution in [0.2, 0.25) is 0 Å². The average Bonchev–Trinajstić information content (AvgIpc) is 2.88. The summed E-state index contributed by atoms with van der Waals surface area (Å²) in [5.41, 5.74) is 3.77. The van der Waals surface area contributed by atoms with Crippen LogP contribution in [-0.4, -0.2) is 6.61 Å². The molecule has 0 atom stereocenters. The summed E-state index contributed by atoms with van der Waals surface area (Å²) in [5, 5.41) is 0. The monoisotopic (exact) mass is 203 g/mol. The van der Waals surface area contributed by atoms with Crippen molar-refractivity contribution in [1.29, 1.82) is 0 Å². The van der Waals surface area contributed by atoms with Crippen LogP contribution in [0.5, 0.6) is 5.75 Å². The van der Waals surface area contributed by atoms with Gasteiger partial charge in [0.2, 0.25) is 0 Å². The Hall–Kier alpha value is -1.90. The summed E-state index contributed by atoms with van der Waals surface area (Å²) in [6.07, 6.45) is 8.58. The average molecular weight is 203 g/mol. The maximum atomic E-state index is 5.09. The largest absolute Gasteiger partial charge is 0.501 e. The third-order valence-electron chi connectivity index (χ3n) is 2.01. The first-order valence-electron chi connectivity index (χ1n) is 4.91. The molecule has 1 aromatic carbocycles. The molecular weight excluding hydrogens is 190 g/mol. The number of benzene rings is 1. The number of hydrogen-bond donors (Lipinski definition) is 1. The molecule has 0 aliphatic carbocycles. The van der Waals surface area contributed by atoms with Crippen molar-refractivity contribution < 1.29 is 9.57 Å². The Kier molecular flexibility index (Phi) is 3.28. The van der Waals surface area contributed by atoms with E-state index in [1.807, 2.05) is 36.4 Å². The molecule has 3 nitrogen and oxygen atoms in total. The quantitative estimate of drug-likeness (QED) is 0.702. The normalized spacial score (nSPS) is 15.2. The zero-order valence-corrected chi connectivity index (χ0v) is 8.35. The van der Waals surface area contributed by atoms with Gasteiger partial charge in [0.05, 0.1) is 12.9 Å². The molecule has 0 aromatic heterocycles. The number of rotatable bonds is 0. The smallest absolute Gasteiger partial charge is 0.162 e. The third kappa shape index (κ3) is 2.77. The standard InChI is InChI=1S/C8H7NO.C4H6O/c1-2-4-8-7(3-1)5-6-9-10-8;1-2-4-5-3-1/h1-6,9H;1,3H,2,4H2. The van der Waals surface area contributed by atoms with Crippen molar-refractivity contribution in [3.8, 4) is 5.75 Å². The van der Waals surface area contributed by atoms with E-state index in [4.69, 9.17) is 9.57 Å². The fourth-order valence-corrected chi connectivity index (χ4v) is 1.27. The van der Waals surface area contributed by atoms with Gasteiger partial charge in [0.1, 0.15) is 0 Å². The molecule has 0 fully saturated rings. The van der Waals surface area contributed by atoms with Crippen LogP contribution in [0, 0.1) is 0 Å². The van der Waals surface area contributed by atoms with Gasteiger partial charge >= 0.3 is 0 Å². The van der Waals surface area contributed by atoms with E-state index in [1.54, 1.807) is 12.5 Å². The van der Waals surface area contributed by atoms with Gasteiger partial charge in [-0.3, -0.25) is 0 Å². The highest BCUT2D eigenvalue weighted by atomic mass is 16.6. The highest BCUT2D eigenvalue weighted by Gasteiger charge is 2.01. The Balaban J connectivity index is 0.000000144. The Morgan fingerprint density at radius 1 is 1.20 bits per heavy atom. The highest BCUT2D eigenvalue weighted by molar-refractivity contribution is 5.57. The molecule has 0 bridgehead atoms. The van der Waals surface area contributed by atoms with Gasteiger partial charge in [0.25, 0.3) is 0 Å². The lowest BCUT2D eigenvalue weighted by molar-refractivity contribution is 0.239. The van der Waals surface area contributed by atoms with Gasteiger partial charge in [-0.25, -0.2) is 5.48 Å². The zero-order valence-electron chi connectivity index (χ0n) is 8.35. The maximum absolute atomic E-state index is 5.09. The van der Waals surface area contributed by atoms with Crippen molar-refractivity contribution in [2.24, 2.45) is 0 Å². The van der Waals surface area contributed by atoms with Crippen LogP contribution >= 0.6 is 0 Å². The van der Waals surface area contributed by atoms with E-state index >= 15 is 0 Å². The minimum absolute atomic E-state index is 0.880. The summed E-state index contributed by atoms with van der Waals surface area (Å²) in [6.45, 7) is 0.889. The van der Waals surface area contributed by atoms with Crippen LogP contribution in [0.4, 0.5) is 0 Å². The van der Waals surface area contributed by atoms with E-state index in [9.17, 15) is 0 Å². The van der Waals surface area contributed by atoms with Crippen LogP contribution in [0.1, 0.15) is 12.0 Å². The van der Waals surface area contributed by atoms with Gasteiger partial charge in [-0.2, -0.15) is 0 Å². The topological polar surface area (TPSA) is 30.5 Å². The van der Waals surface area contributed by atoms with Crippen molar-refractivity contribution >= 4 is 6.08 Å². The van der Waals surface area contributed by atoms with Crippen molar-refractivity contribution in [1.82, 2.24) is 5.48 Å². The first-order valence-corrected chi connectivity index (χ1v) is 4.91. The lowest BCUT2D eigenvalue weighted by Gasteiger charge is -2.11. The summed E-state index contributed by atoms with van der Waals surface area (Å²) in [6, 6.07) is 7.86. The molecule has 2 heterocycles.